The smallest absolute Gasteiger partial charge is 0.363 e. The Kier molecular flexibility index (Phi) is 6.57. The number of hydrogen-bond acceptors (Lipinski definition) is 4. The molecule has 0 saturated carbocycles. The van der Waals surface area contributed by atoms with Crippen LogP contribution in [0.15, 0.2) is 65.1 Å². The van der Waals surface area contributed by atoms with Crippen molar-refractivity contribution in [1.82, 2.24) is 19.6 Å². The Labute approximate surface area is 219 Å². The van der Waals surface area contributed by atoms with Gasteiger partial charge in [-0.3, -0.25) is 9.48 Å². The molecule has 1 amide bonds. The molecule has 5 rings (SSSR count). The van der Waals surface area contributed by atoms with Crippen molar-refractivity contribution >= 4 is 33.3 Å². The molecule has 192 valence electrons. The first kappa shape index (κ1) is 25.1. The van der Waals surface area contributed by atoms with Crippen LogP contribution in [-0.2, 0) is 6.54 Å². The maximum Gasteiger partial charge on any atom is 0.410 e. The molecule has 11 heteroatoms. The lowest BCUT2D eigenvalue weighted by Gasteiger charge is -2.33. The molecule has 0 fully saturated rings. The van der Waals surface area contributed by atoms with Crippen molar-refractivity contribution in [3.8, 4) is 0 Å². The first-order chi connectivity index (χ1) is 17.6. The first-order valence-electron chi connectivity index (χ1n) is 11.7. The zero-order chi connectivity index (χ0) is 26.3. The van der Waals surface area contributed by atoms with Crippen LogP contribution in [0, 0.1) is 13.8 Å². The van der Waals surface area contributed by atoms with Crippen LogP contribution in [-0.4, -0.2) is 31.6 Å². The van der Waals surface area contributed by atoms with Crippen molar-refractivity contribution in [3.63, 3.8) is 0 Å². The van der Waals surface area contributed by atoms with Gasteiger partial charge in [-0.15, -0.1) is 0 Å². The molecule has 0 spiro atoms. The number of carbonyl (C=O) groups is 1. The third-order valence-corrected chi connectivity index (χ3v) is 7.02. The van der Waals surface area contributed by atoms with Crippen molar-refractivity contribution in [2.45, 2.75) is 45.1 Å². The van der Waals surface area contributed by atoms with Crippen molar-refractivity contribution in [3.05, 3.63) is 93.3 Å². The minimum Gasteiger partial charge on any atom is -0.363 e. The van der Waals surface area contributed by atoms with Crippen molar-refractivity contribution < 1.29 is 18.0 Å². The second-order valence-electron chi connectivity index (χ2n) is 9.04. The zero-order valence-electron chi connectivity index (χ0n) is 20.1. The summed E-state index contributed by atoms with van der Waals surface area (Å²) in [5.74, 6) is -0.456. The molecule has 0 bridgehead atoms. The van der Waals surface area contributed by atoms with E-state index < -0.39 is 24.2 Å². The van der Waals surface area contributed by atoms with Gasteiger partial charge < -0.3 is 10.6 Å². The van der Waals surface area contributed by atoms with Crippen molar-refractivity contribution in [1.29, 1.82) is 0 Å². The van der Waals surface area contributed by atoms with E-state index in [0.29, 0.717) is 17.9 Å². The molecule has 0 unspecified atom stereocenters. The number of aromatic nitrogens is 4. The highest BCUT2D eigenvalue weighted by Crippen LogP contribution is 2.43. The molecule has 2 N–H and O–H groups in total. The topological polar surface area (TPSA) is 76.8 Å². The van der Waals surface area contributed by atoms with E-state index in [1.807, 2.05) is 37.3 Å². The number of benzene rings is 2. The fraction of sp³-hybridized carbons (Fsp3) is 0.269. The molecule has 37 heavy (non-hydrogen) atoms. The summed E-state index contributed by atoms with van der Waals surface area (Å²) in [5, 5.41) is 14.5. The van der Waals surface area contributed by atoms with Gasteiger partial charge in [-0.05, 0) is 37.1 Å². The minimum atomic E-state index is -4.52. The molecule has 0 radical (unpaired) electrons. The molecule has 3 heterocycles. The predicted molar refractivity (Wildman–Crippen MR) is 138 cm³/mol. The van der Waals surface area contributed by atoms with Gasteiger partial charge in [-0.1, -0.05) is 58.4 Å². The number of rotatable bonds is 5. The van der Waals surface area contributed by atoms with E-state index in [1.54, 1.807) is 35.9 Å². The number of amides is 1. The average Bonchev–Trinajstić information content (AvgIpc) is 3.41. The van der Waals surface area contributed by atoms with Crippen LogP contribution in [0.1, 0.15) is 51.5 Å². The number of aryl methyl sites for hydroxylation is 1. The molecule has 1 aliphatic heterocycles. The van der Waals surface area contributed by atoms with Crippen LogP contribution in [0.2, 0.25) is 0 Å². The van der Waals surface area contributed by atoms with Gasteiger partial charge in [0, 0.05) is 17.0 Å². The Bertz CT molecular complexity index is 1430. The standard InChI is InChI=1S/C26H24BrF3N6O/c1-15-24(16(2)35(33-15)14-17-8-10-19(27)11-9-17)32-25(37)21-13-23-31-20(18-6-4-3-5-7-18)12-22(26(28,29)30)36(23)34-21/h3-11,13,20,22,31H,12,14H2,1-2H3,(H,32,37)/t20-,22+/m0/s1. The van der Waals surface area contributed by atoms with Gasteiger partial charge in [0.25, 0.3) is 5.91 Å². The van der Waals surface area contributed by atoms with Crippen LogP contribution >= 0.6 is 15.9 Å². The van der Waals surface area contributed by atoms with E-state index in [1.165, 1.54) is 6.07 Å². The number of nitrogens with one attached hydrogen (secondary N) is 2. The van der Waals surface area contributed by atoms with Gasteiger partial charge >= 0.3 is 6.18 Å². The minimum absolute atomic E-state index is 0.107. The second kappa shape index (κ2) is 9.70. The predicted octanol–water partition coefficient (Wildman–Crippen LogP) is 6.42. The SMILES string of the molecule is Cc1nn(Cc2ccc(Br)cc2)c(C)c1NC(=O)c1cc2n(n1)[C@@H](C(F)(F)F)C[C@@H](c1ccccc1)N2. The lowest BCUT2D eigenvalue weighted by molar-refractivity contribution is -0.173. The van der Waals surface area contributed by atoms with Gasteiger partial charge in [0.15, 0.2) is 11.7 Å². The summed E-state index contributed by atoms with van der Waals surface area (Å²) in [4.78, 5) is 13.1. The van der Waals surface area contributed by atoms with Crippen molar-refractivity contribution in [2.75, 3.05) is 10.6 Å². The van der Waals surface area contributed by atoms with E-state index in [4.69, 9.17) is 0 Å². The van der Waals surface area contributed by atoms with Gasteiger partial charge in [0.1, 0.15) is 5.82 Å². The number of anilines is 2. The van der Waals surface area contributed by atoms with Gasteiger partial charge in [-0.2, -0.15) is 23.4 Å². The Morgan fingerprint density at radius 3 is 2.49 bits per heavy atom. The quantitative estimate of drug-likeness (QED) is 0.289. The molecule has 2 atom stereocenters. The highest BCUT2D eigenvalue weighted by molar-refractivity contribution is 9.10. The van der Waals surface area contributed by atoms with Crippen LogP contribution in [0.4, 0.5) is 24.7 Å². The van der Waals surface area contributed by atoms with Crippen LogP contribution in [0.3, 0.4) is 0 Å². The summed E-state index contributed by atoms with van der Waals surface area (Å²) in [6, 6.07) is 15.7. The monoisotopic (exact) mass is 572 g/mol. The summed E-state index contributed by atoms with van der Waals surface area (Å²) in [6.07, 6.45) is -4.75. The molecular formula is C26H24BrF3N6O. The van der Waals surface area contributed by atoms with E-state index >= 15 is 0 Å². The Morgan fingerprint density at radius 2 is 1.81 bits per heavy atom. The Hall–Kier alpha value is -3.60. The van der Waals surface area contributed by atoms with Crippen LogP contribution in [0.25, 0.3) is 0 Å². The Balaban J connectivity index is 1.39. The summed E-state index contributed by atoms with van der Waals surface area (Å²) in [5.41, 5.74) is 3.50. The number of fused-ring (bicyclic) bond motifs is 1. The van der Waals surface area contributed by atoms with E-state index in [-0.39, 0.29) is 17.9 Å². The van der Waals surface area contributed by atoms with Crippen molar-refractivity contribution in [2.24, 2.45) is 0 Å². The summed E-state index contributed by atoms with van der Waals surface area (Å²) in [7, 11) is 0. The zero-order valence-corrected chi connectivity index (χ0v) is 21.6. The second-order valence-corrected chi connectivity index (χ2v) is 9.96. The molecular weight excluding hydrogens is 549 g/mol. The maximum atomic E-state index is 14.0. The fourth-order valence-corrected chi connectivity index (χ4v) is 4.82. The number of halogens is 4. The largest absolute Gasteiger partial charge is 0.410 e. The summed E-state index contributed by atoms with van der Waals surface area (Å²) >= 11 is 3.42. The van der Waals surface area contributed by atoms with E-state index in [2.05, 4.69) is 36.8 Å². The highest BCUT2D eigenvalue weighted by atomic mass is 79.9. The number of hydrogen-bond donors (Lipinski definition) is 2. The molecule has 4 aromatic rings. The van der Waals surface area contributed by atoms with Gasteiger partial charge in [0.05, 0.1) is 29.7 Å². The van der Waals surface area contributed by atoms with Crippen LogP contribution < -0.4 is 10.6 Å². The summed E-state index contributed by atoms with van der Waals surface area (Å²) in [6.45, 7) is 4.11. The molecule has 0 aliphatic carbocycles. The Morgan fingerprint density at radius 1 is 1.11 bits per heavy atom. The highest BCUT2D eigenvalue weighted by Gasteiger charge is 2.46. The fourth-order valence-electron chi connectivity index (χ4n) is 4.56. The van der Waals surface area contributed by atoms with Gasteiger partial charge in [0.2, 0.25) is 0 Å². The third kappa shape index (κ3) is 5.13. The van der Waals surface area contributed by atoms with Crippen LogP contribution in [0.5, 0.6) is 0 Å². The number of nitrogens with zero attached hydrogens (tertiary/aromatic N) is 4. The number of carbonyl (C=O) groups excluding carboxylic acids is 1. The molecule has 1 aliphatic rings. The van der Waals surface area contributed by atoms with Gasteiger partial charge in [-0.25, -0.2) is 4.68 Å². The molecule has 2 aromatic heterocycles. The maximum absolute atomic E-state index is 14.0. The lowest BCUT2D eigenvalue weighted by atomic mass is 9.97. The van der Waals surface area contributed by atoms with E-state index in [0.717, 1.165) is 26.0 Å². The molecule has 2 aromatic carbocycles. The normalized spacial score (nSPS) is 17.2. The summed E-state index contributed by atoms with van der Waals surface area (Å²) < 4.78 is 45.5. The molecule has 7 nitrogen and oxygen atoms in total. The first-order valence-corrected chi connectivity index (χ1v) is 12.5. The van der Waals surface area contributed by atoms with E-state index in [9.17, 15) is 18.0 Å². The lowest BCUT2D eigenvalue weighted by Crippen LogP contribution is -2.35. The number of alkyl halides is 3. The molecule has 0 saturated heterocycles. The average molecular weight is 573 g/mol. The third-order valence-electron chi connectivity index (χ3n) is 6.49.